The first-order chi connectivity index (χ1) is 12.9. The molecule has 1 fully saturated rings. The van der Waals surface area contributed by atoms with Gasteiger partial charge in [-0.05, 0) is 84.2 Å². The summed E-state index contributed by atoms with van der Waals surface area (Å²) in [5.41, 5.74) is 2.09. The summed E-state index contributed by atoms with van der Waals surface area (Å²) in [6, 6.07) is 13.1. The molecule has 27 heavy (non-hydrogen) atoms. The van der Waals surface area contributed by atoms with Crippen LogP contribution in [0.2, 0.25) is 0 Å². The number of nitrogens with zero attached hydrogens (tertiary/aromatic N) is 1. The van der Waals surface area contributed by atoms with Crippen LogP contribution in [0, 0.1) is 6.92 Å². The Hall–Kier alpha value is -1.41. The monoisotopic (exact) mass is 452 g/mol. The maximum atomic E-state index is 12.8. The average molecular weight is 453 g/mol. The average Bonchev–Trinajstić information content (AvgIpc) is 3.16. The van der Waals surface area contributed by atoms with E-state index in [-0.39, 0.29) is 10.9 Å². The van der Waals surface area contributed by atoms with Crippen molar-refractivity contribution in [3.63, 3.8) is 0 Å². The van der Waals surface area contributed by atoms with Gasteiger partial charge in [0.15, 0.2) is 0 Å². The highest BCUT2D eigenvalue weighted by Gasteiger charge is 2.26. The molecule has 146 valence electrons. The molecule has 1 saturated heterocycles. The van der Waals surface area contributed by atoms with E-state index in [0.717, 1.165) is 42.8 Å². The minimum absolute atomic E-state index is 0.00240. The van der Waals surface area contributed by atoms with Crippen molar-refractivity contribution in [2.45, 2.75) is 30.7 Å². The predicted octanol–water partition coefficient (Wildman–Crippen LogP) is 3.88. The van der Waals surface area contributed by atoms with E-state index in [1.54, 1.807) is 19.2 Å². The number of methoxy groups -OCH3 is 1. The molecule has 0 aromatic heterocycles. The third-order valence-electron chi connectivity index (χ3n) is 4.93. The van der Waals surface area contributed by atoms with Crippen molar-refractivity contribution in [2.75, 3.05) is 26.7 Å². The van der Waals surface area contributed by atoms with E-state index in [1.807, 2.05) is 37.3 Å². The molecule has 1 N–H and O–H groups in total. The van der Waals surface area contributed by atoms with Gasteiger partial charge in [-0.2, -0.15) is 0 Å². The predicted molar refractivity (Wildman–Crippen MR) is 111 cm³/mol. The molecule has 2 aromatic rings. The zero-order valence-electron chi connectivity index (χ0n) is 15.6. The summed E-state index contributed by atoms with van der Waals surface area (Å²) in [6.45, 7) is 4.22. The van der Waals surface area contributed by atoms with E-state index in [2.05, 4.69) is 25.6 Å². The third-order valence-corrected chi connectivity index (χ3v) is 7.33. The van der Waals surface area contributed by atoms with Crippen molar-refractivity contribution in [1.82, 2.24) is 9.62 Å². The molecule has 7 heteroatoms. The van der Waals surface area contributed by atoms with Crippen LogP contribution in [-0.4, -0.2) is 40.1 Å². The number of rotatable bonds is 7. The zero-order valence-corrected chi connectivity index (χ0v) is 18.0. The first-order valence-corrected chi connectivity index (χ1v) is 11.3. The van der Waals surface area contributed by atoms with Gasteiger partial charge in [0, 0.05) is 17.1 Å². The van der Waals surface area contributed by atoms with Crippen LogP contribution in [0.25, 0.3) is 0 Å². The fraction of sp³-hybridized carbons (Fsp3) is 0.400. The van der Waals surface area contributed by atoms with Gasteiger partial charge >= 0.3 is 0 Å². The topological polar surface area (TPSA) is 58.6 Å². The van der Waals surface area contributed by atoms with Gasteiger partial charge in [0.05, 0.1) is 12.0 Å². The van der Waals surface area contributed by atoms with E-state index < -0.39 is 10.0 Å². The summed E-state index contributed by atoms with van der Waals surface area (Å²) in [6.07, 6.45) is 2.28. The van der Waals surface area contributed by atoms with Crippen LogP contribution in [0.1, 0.15) is 30.0 Å². The summed E-state index contributed by atoms with van der Waals surface area (Å²) in [4.78, 5) is 2.61. The molecule has 3 rings (SSSR count). The van der Waals surface area contributed by atoms with E-state index in [0.29, 0.717) is 11.0 Å². The van der Waals surface area contributed by atoms with Crippen LogP contribution < -0.4 is 9.46 Å². The van der Waals surface area contributed by atoms with E-state index in [9.17, 15) is 8.42 Å². The number of nitrogens with one attached hydrogen (secondary N) is 1. The van der Waals surface area contributed by atoms with Gasteiger partial charge in [0.1, 0.15) is 5.75 Å². The van der Waals surface area contributed by atoms with Crippen LogP contribution >= 0.6 is 15.9 Å². The fourth-order valence-corrected chi connectivity index (χ4v) is 5.66. The Labute approximate surface area is 169 Å². The molecule has 1 aliphatic heterocycles. The zero-order chi connectivity index (χ0) is 19.4. The summed E-state index contributed by atoms with van der Waals surface area (Å²) < 4.78 is 34.3. The third kappa shape index (κ3) is 4.90. The van der Waals surface area contributed by atoms with Gasteiger partial charge in [-0.1, -0.05) is 18.2 Å². The molecular weight excluding hydrogens is 428 g/mol. The first-order valence-electron chi connectivity index (χ1n) is 9.04. The molecule has 2 aromatic carbocycles. The lowest BCUT2D eigenvalue weighted by atomic mass is 10.1. The number of hydrogen-bond acceptors (Lipinski definition) is 4. The molecule has 1 aliphatic rings. The van der Waals surface area contributed by atoms with Gasteiger partial charge in [-0.25, -0.2) is 13.1 Å². The Morgan fingerprint density at radius 3 is 2.41 bits per heavy atom. The largest absolute Gasteiger partial charge is 0.497 e. The van der Waals surface area contributed by atoms with Crippen LogP contribution in [0.5, 0.6) is 5.75 Å². The number of ether oxygens (including phenoxy) is 1. The highest BCUT2D eigenvalue weighted by atomic mass is 79.9. The molecule has 0 saturated carbocycles. The van der Waals surface area contributed by atoms with Crippen molar-refractivity contribution >= 4 is 26.0 Å². The van der Waals surface area contributed by atoms with Crippen molar-refractivity contribution in [2.24, 2.45) is 0 Å². The van der Waals surface area contributed by atoms with Gasteiger partial charge in [0.2, 0.25) is 10.0 Å². The summed E-state index contributed by atoms with van der Waals surface area (Å²) >= 11 is 3.37. The van der Waals surface area contributed by atoms with Crippen molar-refractivity contribution < 1.29 is 13.2 Å². The number of likely N-dealkylation sites (tertiary alicyclic amines) is 1. The van der Waals surface area contributed by atoms with Gasteiger partial charge in [-0.3, -0.25) is 4.90 Å². The quantitative estimate of drug-likeness (QED) is 0.692. The van der Waals surface area contributed by atoms with Crippen LogP contribution in [0.3, 0.4) is 0 Å². The minimum Gasteiger partial charge on any atom is -0.497 e. The van der Waals surface area contributed by atoms with Crippen LogP contribution in [0.4, 0.5) is 0 Å². The van der Waals surface area contributed by atoms with E-state index >= 15 is 0 Å². The summed E-state index contributed by atoms with van der Waals surface area (Å²) in [7, 11) is -1.96. The number of aryl methyl sites for hydroxylation is 1. The highest BCUT2D eigenvalue weighted by molar-refractivity contribution is 9.10. The maximum absolute atomic E-state index is 12.8. The first kappa shape index (κ1) is 20.3. The summed E-state index contributed by atoms with van der Waals surface area (Å²) in [5, 5.41) is 0. The molecule has 0 amide bonds. The molecule has 5 nitrogen and oxygen atoms in total. The van der Waals surface area contributed by atoms with Gasteiger partial charge < -0.3 is 4.74 Å². The second-order valence-corrected chi connectivity index (χ2v) is 9.41. The SMILES string of the molecule is COc1ccc(C(CNS(=O)(=O)c2ccc(C)cc2Br)N2CCCC2)cc1. The normalized spacial score (nSPS) is 16.4. The van der Waals surface area contributed by atoms with E-state index in [1.165, 1.54) is 0 Å². The Balaban J connectivity index is 1.81. The lowest BCUT2D eigenvalue weighted by molar-refractivity contribution is 0.246. The lowest BCUT2D eigenvalue weighted by Crippen LogP contribution is -2.36. The fourth-order valence-electron chi connectivity index (χ4n) is 3.43. The van der Waals surface area contributed by atoms with Crippen LogP contribution in [0.15, 0.2) is 51.8 Å². The van der Waals surface area contributed by atoms with Crippen molar-refractivity contribution in [3.8, 4) is 5.75 Å². The Morgan fingerprint density at radius 2 is 1.81 bits per heavy atom. The van der Waals surface area contributed by atoms with E-state index in [4.69, 9.17) is 4.74 Å². The summed E-state index contributed by atoms with van der Waals surface area (Å²) in [5.74, 6) is 0.795. The Bertz CT molecular complexity index is 879. The molecule has 1 atom stereocenters. The maximum Gasteiger partial charge on any atom is 0.241 e. The number of sulfonamides is 1. The van der Waals surface area contributed by atoms with Crippen molar-refractivity contribution in [3.05, 3.63) is 58.1 Å². The lowest BCUT2D eigenvalue weighted by Gasteiger charge is -2.28. The number of benzene rings is 2. The second kappa shape index (κ2) is 8.73. The molecule has 0 radical (unpaired) electrons. The Kier molecular flexibility index (Phi) is 6.57. The molecule has 0 aliphatic carbocycles. The van der Waals surface area contributed by atoms with Gasteiger partial charge in [0.25, 0.3) is 0 Å². The molecule has 0 bridgehead atoms. The molecular formula is C20H25BrN2O3S. The second-order valence-electron chi connectivity index (χ2n) is 6.82. The van der Waals surface area contributed by atoms with Crippen LogP contribution in [-0.2, 0) is 10.0 Å². The molecule has 0 spiro atoms. The van der Waals surface area contributed by atoms with Gasteiger partial charge in [-0.15, -0.1) is 0 Å². The molecule has 1 unspecified atom stereocenters. The smallest absolute Gasteiger partial charge is 0.241 e. The number of hydrogen-bond donors (Lipinski definition) is 1. The minimum atomic E-state index is -3.60. The molecule has 1 heterocycles. The van der Waals surface area contributed by atoms with Crippen molar-refractivity contribution in [1.29, 1.82) is 0 Å². The standard InChI is InChI=1S/C20H25BrN2O3S/c1-15-5-10-20(18(21)13-15)27(24,25)22-14-19(23-11-3-4-12-23)16-6-8-17(26-2)9-7-16/h5-10,13,19,22H,3-4,11-12,14H2,1-2H3. The Morgan fingerprint density at radius 1 is 1.15 bits per heavy atom. The highest BCUT2D eigenvalue weighted by Crippen LogP contribution is 2.28. The number of halogens is 1.